The van der Waals surface area contributed by atoms with E-state index in [0.29, 0.717) is 17.4 Å². The lowest BCUT2D eigenvalue weighted by Gasteiger charge is -2.44. The van der Waals surface area contributed by atoms with Gasteiger partial charge in [0.2, 0.25) is 0 Å². The summed E-state index contributed by atoms with van der Waals surface area (Å²) in [5, 5.41) is 0. The van der Waals surface area contributed by atoms with Crippen LogP contribution in [0.5, 0.6) is 0 Å². The summed E-state index contributed by atoms with van der Waals surface area (Å²) in [6.07, 6.45) is 7.91. The van der Waals surface area contributed by atoms with Gasteiger partial charge in [0.05, 0.1) is 5.92 Å². The van der Waals surface area contributed by atoms with E-state index in [1.807, 2.05) is 0 Å². The topological polar surface area (TPSA) is 52.6 Å². The Morgan fingerprint density at radius 2 is 1.88 bits per heavy atom. The summed E-state index contributed by atoms with van der Waals surface area (Å²) >= 11 is 0. The van der Waals surface area contributed by atoms with Gasteiger partial charge in [-0.25, -0.2) is 4.79 Å². The Balaban J connectivity index is 1.94. The molecular weight excluding hydrogens is 316 g/mol. The number of esters is 2. The summed E-state index contributed by atoms with van der Waals surface area (Å²) in [5.74, 6) is 0.467. The molecule has 5 atom stereocenters. The molecule has 2 bridgehead atoms. The lowest BCUT2D eigenvalue weighted by atomic mass is 9.66. The van der Waals surface area contributed by atoms with Crippen molar-refractivity contribution in [3.8, 4) is 0 Å². The van der Waals surface area contributed by atoms with E-state index < -0.39 is 5.60 Å². The molecule has 1 aliphatic heterocycles. The minimum absolute atomic E-state index is 0.0521. The fourth-order valence-electron chi connectivity index (χ4n) is 5.60. The van der Waals surface area contributed by atoms with Gasteiger partial charge in [0, 0.05) is 17.4 Å². The van der Waals surface area contributed by atoms with E-state index in [0.717, 1.165) is 51.4 Å². The van der Waals surface area contributed by atoms with Gasteiger partial charge >= 0.3 is 11.9 Å². The quantitative estimate of drug-likeness (QED) is 0.457. The number of fused-ring (bicyclic) bond motifs is 1. The maximum absolute atomic E-state index is 12.5. The lowest BCUT2D eigenvalue weighted by Crippen LogP contribution is -2.49. The van der Waals surface area contributed by atoms with E-state index in [4.69, 9.17) is 9.47 Å². The van der Waals surface area contributed by atoms with Gasteiger partial charge in [-0.15, -0.1) is 0 Å². The molecule has 3 aliphatic rings. The highest BCUT2D eigenvalue weighted by molar-refractivity contribution is 5.87. The second-order valence-electron chi connectivity index (χ2n) is 8.36. The highest BCUT2D eigenvalue weighted by Crippen LogP contribution is 2.62. The maximum atomic E-state index is 12.5. The first kappa shape index (κ1) is 18.5. The number of carbonyl (C=O) groups is 2. The number of hydrogen-bond donors (Lipinski definition) is 0. The molecule has 1 saturated heterocycles. The van der Waals surface area contributed by atoms with Gasteiger partial charge in [-0.1, -0.05) is 33.3 Å². The summed E-state index contributed by atoms with van der Waals surface area (Å²) < 4.78 is 11.8. The van der Waals surface area contributed by atoms with Crippen LogP contribution in [0.15, 0.2) is 12.2 Å². The minimum Gasteiger partial charge on any atom is -0.462 e. The van der Waals surface area contributed by atoms with Gasteiger partial charge in [0.25, 0.3) is 0 Å². The molecule has 2 aliphatic carbocycles. The third kappa shape index (κ3) is 3.13. The number of carbonyl (C=O) groups excluding carboxylic acids is 2. The first-order chi connectivity index (χ1) is 11.9. The molecule has 2 saturated carbocycles. The maximum Gasteiger partial charge on any atom is 0.333 e. The van der Waals surface area contributed by atoms with Crippen LogP contribution in [0.25, 0.3) is 0 Å². The van der Waals surface area contributed by atoms with Crippen LogP contribution in [0.4, 0.5) is 0 Å². The van der Waals surface area contributed by atoms with Crippen molar-refractivity contribution in [1.82, 2.24) is 0 Å². The molecule has 5 unspecified atom stereocenters. The number of ether oxygens (including phenoxy) is 2. The van der Waals surface area contributed by atoms with Crippen LogP contribution >= 0.6 is 0 Å². The molecule has 4 nitrogen and oxygen atoms in total. The molecule has 0 aromatic rings. The highest BCUT2D eigenvalue weighted by Gasteiger charge is 2.67. The molecule has 0 amide bonds. The molecule has 4 heteroatoms. The van der Waals surface area contributed by atoms with Crippen LogP contribution in [0.2, 0.25) is 0 Å². The van der Waals surface area contributed by atoms with Gasteiger partial charge in [-0.3, -0.25) is 4.79 Å². The fraction of sp³-hybridized carbons (Fsp3) is 0.810. The molecule has 0 aromatic carbocycles. The van der Waals surface area contributed by atoms with Gasteiger partial charge in [0.1, 0.15) is 11.7 Å². The highest BCUT2D eigenvalue weighted by atomic mass is 16.6. The van der Waals surface area contributed by atoms with Gasteiger partial charge in [0.15, 0.2) is 0 Å². The second-order valence-corrected chi connectivity index (χ2v) is 8.36. The van der Waals surface area contributed by atoms with Crippen molar-refractivity contribution < 1.29 is 19.1 Å². The predicted octanol–water partition coefficient (Wildman–Crippen LogP) is 4.42. The summed E-state index contributed by atoms with van der Waals surface area (Å²) in [4.78, 5) is 25.0. The molecule has 25 heavy (non-hydrogen) atoms. The first-order valence-corrected chi connectivity index (χ1v) is 10.0. The fourth-order valence-corrected chi connectivity index (χ4v) is 5.60. The van der Waals surface area contributed by atoms with Crippen molar-refractivity contribution in [2.45, 2.75) is 83.8 Å². The van der Waals surface area contributed by atoms with Gasteiger partial charge in [-0.05, 0) is 51.4 Å². The molecule has 0 aromatic heterocycles. The van der Waals surface area contributed by atoms with Crippen LogP contribution in [-0.4, -0.2) is 23.6 Å². The van der Waals surface area contributed by atoms with Crippen molar-refractivity contribution >= 4 is 11.9 Å². The number of rotatable bonds is 9. The molecule has 1 heterocycles. The smallest absolute Gasteiger partial charge is 0.333 e. The average Bonchev–Trinajstić information content (AvgIpc) is 3.19. The van der Waals surface area contributed by atoms with Crippen LogP contribution in [0, 0.1) is 23.7 Å². The van der Waals surface area contributed by atoms with Crippen LogP contribution in [0.1, 0.15) is 72.1 Å². The standard InChI is InChI=1S/C21H32O4/c1-5-7-9-21(10-8-6-2,25-19(22)13(3)4)18-14-11-15-16(12-14)24-20(23)17(15)18/h14-18H,3,5-12H2,1-2,4H3. The largest absolute Gasteiger partial charge is 0.462 e. The molecule has 0 radical (unpaired) electrons. The monoisotopic (exact) mass is 348 g/mol. The zero-order valence-corrected chi connectivity index (χ0v) is 15.9. The van der Waals surface area contributed by atoms with Crippen LogP contribution in [-0.2, 0) is 19.1 Å². The zero-order chi connectivity index (χ0) is 18.2. The SMILES string of the molecule is C=C(C)C(=O)OC(CCCC)(CCCC)C1C2CC3OC(=O)C1C3C2. The van der Waals surface area contributed by atoms with E-state index in [9.17, 15) is 9.59 Å². The van der Waals surface area contributed by atoms with Crippen LogP contribution in [0.3, 0.4) is 0 Å². The van der Waals surface area contributed by atoms with Crippen molar-refractivity contribution in [1.29, 1.82) is 0 Å². The van der Waals surface area contributed by atoms with Crippen molar-refractivity contribution in [2.75, 3.05) is 0 Å². The Hall–Kier alpha value is -1.32. The van der Waals surface area contributed by atoms with E-state index in [1.165, 1.54) is 0 Å². The van der Waals surface area contributed by atoms with E-state index in [1.54, 1.807) is 6.92 Å². The number of unbranched alkanes of at least 4 members (excludes halogenated alkanes) is 2. The summed E-state index contributed by atoms with van der Waals surface area (Å²) in [7, 11) is 0. The zero-order valence-electron chi connectivity index (χ0n) is 15.9. The Morgan fingerprint density at radius 1 is 1.24 bits per heavy atom. The van der Waals surface area contributed by atoms with Gasteiger partial charge in [-0.2, -0.15) is 0 Å². The van der Waals surface area contributed by atoms with Crippen molar-refractivity contribution in [3.63, 3.8) is 0 Å². The Bertz CT molecular complexity index is 542. The molecule has 140 valence electrons. The minimum atomic E-state index is -0.541. The van der Waals surface area contributed by atoms with Gasteiger partial charge < -0.3 is 9.47 Å². The molecule has 0 N–H and O–H groups in total. The summed E-state index contributed by atoms with van der Waals surface area (Å²) in [6, 6.07) is 0. The first-order valence-electron chi connectivity index (χ1n) is 10.0. The third-order valence-corrected chi connectivity index (χ3v) is 6.64. The van der Waals surface area contributed by atoms with E-state index in [-0.39, 0.29) is 29.9 Å². The third-order valence-electron chi connectivity index (χ3n) is 6.64. The lowest BCUT2D eigenvalue weighted by molar-refractivity contribution is -0.172. The second kappa shape index (κ2) is 7.13. The van der Waals surface area contributed by atoms with Crippen molar-refractivity contribution in [2.24, 2.45) is 23.7 Å². The predicted molar refractivity (Wildman–Crippen MR) is 95.8 cm³/mol. The van der Waals surface area contributed by atoms with Crippen LogP contribution < -0.4 is 0 Å². The summed E-state index contributed by atoms with van der Waals surface area (Å²) in [5.41, 5.74) is -0.104. The van der Waals surface area contributed by atoms with Crippen molar-refractivity contribution in [3.05, 3.63) is 12.2 Å². The molecule has 3 fully saturated rings. The Morgan fingerprint density at radius 3 is 2.44 bits per heavy atom. The summed E-state index contributed by atoms with van der Waals surface area (Å²) in [6.45, 7) is 9.79. The normalized spacial score (nSPS) is 32.8. The number of hydrogen-bond acceptors (Lipinski definition) is 4. The Kier molecular flexibility index (Phi) is 5.26. The molecule has 0 spiro atoms. The van der Waals surface area contributed by atoms with E-state index >= 15 is 0 Å². The molecular formula is C21H32O4. The molecule has 3 rings (SSSR count). The average molecular weight is 348 g/mol. The van der Waals surface area contributed by atoms with E-state index in [2.05, 4.69) is 20.4 Å². The Labute approximate surface area is 151 Å².